The van der Waals surface area contributed by atoms with Crippen molar-refractivity contribution in [1.29, 1.82) is 0 Å². The minimum Gasteiger partial charge on any atom is -0.354 e. The van der Waals surface area contributed by atoms with Crippen LogP contribution in [-0.4, -0.2) is 35.5 Å². The van der Waals surface area contributed by atoms with E-state index in [0.717, 1.165) is 41.1 Å². The van der Waals surface area contributed by atoms with E-state index >= 15 is 0 Å². The van der Waals surface area contributed by atoms with Gasteiger partial charge in [-0.15, -0.1) is 0 Å². The fourth-order valence-corrected chi connectivity index (χ4v) is 4.46. The van der Waals surface area contributed by atoms with Crippen molar-refractivity contribution in [1.82, 2.24) is 10.3 Å². The van der Waals surface area contributed by atoms with Crippen LogP contribution >= 0.6 is 11.8 Å². The Kier molecular flexibility index (Phi) is 5.85. The van der Waals surface area contributed by atoms with Crippen LogP contribution in [0.1, 0.15) is 38.2 Å². The second kappa shape index (κ2) is 8.69. The summed E-state index contributed by atoms with van der Waals surface area (Å²) in [7, 11) is 0. The predicted octanol–water partition coefficient (Wildman–Crippen LogP) is 4.14. The zero-order chi connectivity index (χ0) is 20.2. The highest BCUT2D eigenvalue weighted by Gasteiger charge is 2.19. The predicted molar refractivity (Wildman–Crippen MR) is 116 cm³/mol. The van der Waals surface area contributed by atoms with Gasteiger partial charge in [0.05, 0.1) is 17.1 Å². The van der Waals surface area contributed by atoms with Crippen LogP contribution < -0.4 is 10.7 Å². The summed E-state index contributed by atoms with van der Waals surface area (Å²) < 4.78 is 0. The van der Waals surface area contributed by atoms with Crippen LogP contribution in [0, 0.1) is 0 Å². The van der Waals surface area contributed by atoms with Gasteiger partial charge in [-0.05, 0) is 49.6 Å². The summed E-state index contributed by atoms with van der Waals surface area (Å²) in [6, 6.07) is 14.3. The SMILES string of the molecule is C/C(=N/NC(=O)CN1CCCCCC1=O)c1ccc2c(c1)Nc1ccccc1S2. The van der Waals surface area contributed by atoms with E-state index in [1.807, 2.05) is 31.2 Å². The second-order valence-electron chi connectivity index (χ2n) is 7.29. The van der Waals surface area contributed by atoms with E-state index in [2.05, 4.69) is 34.0 Å². The van der Waals surface area contributed by atoms with Crippen molar-refractivity contribution in [2.75, 3.05) is 18.4 Å². The van der Waals surface area contributed by atoms with Crippen LogP contribution in [0.15, 0.2) is 57.4 Å². The van der Waals surface area contributed by atoms with Crippen LogP contribution in [0.5, 0.6) is 0 Å². The fraction of sp³-hybridized carbons (Fsp3) is 0.318. The molecular weight excluding hydrogens is 384 g/mol. The molecule has 2 heterocycles. The first-order valence-corrected chi connectivity index (χ1v) is 10.7. The third-order valence-corrected chi connectivity index (χ3v) is 6.28. The molecule has 1 saturated heterocycles. The van der Waals surface area contributed by atoms with Crippen LogP contribution in [0.2, 0.25) is 0 Å². The molecule has 2 N–H and O–H groups in total. The first-order valence-electron chi connectivity index (χ1n) is 9.89. The maximum atomic E-state index is 12.2. The Morgan fingerprint density at radius 1 is 1.14 bits per heavy atom. The van der Waals surface area contributed by atoms with Gasteiger partial charge in [-0.2, -0.15) is 5.10 Å². The van der Waals surface area contributed by atoms with E-state index in [-0.39, 0.29) is 18.4 Å². The molecule has 2 aromatic rings. The Morgan fingerprint density at radius 2 is 1.97 bits per heavy atom. The molecule has 0 bridgehead atoms. The monoisotopic (exact) mass is 408 g/mol. The minimum absolute atomic E-state index is 0.0527. The normalized spacial score (nSPS) is 16.4. The van der Waals surface area contributed by atoms with Crippen molar-refractivity contribution in [3.63, 3.8) is 0 Å². The second-order valence-corrected chi connectivity index (χ2v) is 8.38. The maximum Gasteiger partial charge on any atom is 0.259 e. The third-order valence-electron chi connectivity index (χ3n) is 5.13. The zero-order valence-electron chi connectivity index (χ0n) is 16.4. The van der Waals surface area contributed by atoms with E-state index < -0.39 is 0 Å². The first kappa shape index (κ1) is 19.5. The van der Waals surface area contributed by atoms with Crippen molar-refractivity contribution in [2.45, 2.75) is 42.4 Å². The van der Waals surface area contributed by atoms with Gasteiger partial charge in [0.1, 0.15) is 6.54 Å². The summed E-state index contributed by atoms with van der Waals surface area (Å²) >= 11 is 1.73. The maximum absolute atomic E-state index is 12.2. The van der Waals surface area contributed by atoms with Crippen molar-refractivity contribution in [3.8, 4) is 0 Å². The van der Waals surface area contributed by atoms with Gasteiger partial charge in [0.25, 0.3) is 5.91 Å². The number of rotatable bonds is 4. The van der Waals surface area contributed by atoms with Gasteiger partial charge < -0.3 is 10.2 Å². The fourth-order valence-electron chi connectivity index (χ4n) is 3.49. The molecule has 1 fully saturated rings. The number of para-hydroxylation sites is 1. The quantitative estimate of drug-likeness (QED) is 0.503. The number of hydrogen-bond acceptors (Lipinski definition) is 5. The summed E-state index contributed by atoms with van der Waals surface area (Å²) in [6.07, 6.45) is 3.42. The topological polar surface area (TPSA) is 73.8 Å². The smallest absolute Gasteiger partial charge is 0.259 e. The van der Waals surface area contributed by atoms with Crippen molar-refractivity contribution >= 4 is 40.7 Å². The Balaban J connectivity index is 1.40. The first-order chi connectivity index (χ1) is 14.1. The van der Waals surface area contributed by atoms with Gasteiger partial charge in [-0.3, -0.25) is 9.59 Å². The number of benzene rings is 2. The Hall–Kier alpha value is -2.80. The number of hydrazone groups is 1. The van der Waals surface area contributed by atoms with E-state index in [4.69, 9.17) is 0 Å². The molecule has 0 spiro atoms. The Bertz CT molecular complexity index is 973. The number of fused-ring (bicyclic) bond motifs is 2. The average molecular weight is 409 g/mol. The largest absolute Gasteiger partial charge is 0.354 e. The highest BCUT2D eigenvalue weighted by molar-refractivity contribution is 7.99. The molecule has 2 aliphatic heterocycles. The van der Waals surface area contributed by atoms with E-state index in [1.54, 1.807) is 16.7 Å². The van der Waals surface area contributed by atoms with Crippen molar-refractivity contribution < 1.29 is 9.59 Å². The number of amides is 2. The number of hydrogen-bond donors (Lipinski definition) is 2. The molecule has 2 aliphatic rings. The van der Waals surface area contributed by atoms with E-state index in [9.17, 15) is 9.59 Å². The lowest BCUT2D eigenvalue weighted by Gasteiger charge is -2.21. The van der Waals surface area contributed by atoms with Crippen LogP contribution in [-0.2, 0) is 9.59 Å². The molecule has 0 aliphatic carbocycles. The number of carbonyl (C=O) groups excluding carboxylic acids is 2. The molecular formula is C22H24N4O2S. The Labute approximate surface area is 174 Å². The molecule has 150 valence electrons. The number of carbonyl (C=O) groups is 2. The molecule has 0 radical (unpaired) electrons. The van der Waals surface area contributed by atoms with Crippen LogP contribution in [0.3, 0.4) is 0 Å². The van der Waals surface area contributed by atoms with Gasteiger partial charge >= 0.3 is 0 Å². The lowest BCUT2D eigenvalue weighted by atomic mass is 10.1. The summed E-state index contributed by atoms with van der Waals surface area (Å²) in [5, 5.41) is 7.70. The standard InChI is InChI=1S/C22H24N4O2S/c1-15(24-25-21(27)14-26-12-6-2-3-9-22(26)28)16-10-11-20-18(13-16)23-17-7-4-5-8-19(17)29-20/h4-5,7-8,10-11,13,23H,2-3,6,9,12,14H2,1H3,(H,25,27)/b24-15-. The van der Waals surface area contributed by atoms with Gasteiger partial charge in [0.2, 0.25) is 5.91 Å². The zero-order valence-corrected chi connectivity index (χ0v) is 17.2. The van der Waals surface area contributed by atoms with E-state index in [1.165, 1.54) is 4.90 Å². The number of nitrogens with one attached hydrogen (secondary N) is 2. The molecule has 2 aromatic carbocycles. The highest BCUT2D eigenvalue weighted by Crippen LogP contribution is 2.44. The number of anilines is 2. The van der Waals surface area contributed by atoms with Gasteiger partial charge in [-0.1, -0.05) is 36.4 Å². The number of nitrogens with zero attached hydrogens (tertiary/aromatic N) is 2. The summed E-state index contributed by atoms with van der Waals surface area (Å²) in [6.45, 7) is 2.57. The molecule has 2 amide bonds. The lowest BCUT2D eigenvalue weighted by Crippen LogP contribution is -2.39. The highest BCUT2D eigenvalue weighted by atomic mass is 32.2. The van der Waals surface area contributed by atoms with Crippen LogP contribution in [0.4, 0.5) is 11.4 Å². The van der Waals surface area contributed by atoms with E-state index in [0.29, 0.717) is 18.7 Å². The van der Waals surface area contributed by atoms with Gasteiger partial charge in [0, 0.05) is 22.8 Å². The molecule has 0 unspecified atom stereocenters. The third kappa shape index (κ3) is 4.62. The van der Waals surface area contributed by atoms with Crippen molar-refractivity contribution in [3.05, 3.63) is 48.0 Å². The average Bonchev–Trinajstić information content (AvgIpc) is 2.94. The summed E-state index contributed by atoms with van der Waals surface area (Å²) in [5.74, 6) is -0.211. The molecule has 0 saturated carbocycles. The molecule has 7 heteroatoms. The summed E-state index contributed by atoms with van der Waals surface area (Å²) in [5.41, 5.74) is 6.36. The Morgan fingerprint density at radius 3 is 2.86 bits per heavy atom. The molecule has 6 nitrogen and oxygen atoms in total. The number of likely N-dealkylation sites (tertiary alicyclic amines) is 1. The van der Waals surface area contributed by atoms with Gasteiger partial charge in [-0.25, -0.2) is 5.43 Å². The molecule has 4 rings (SSSR count). The molecule has 29 heavy (non-hydrogen) atoms. The molecule has 0 atom stereocenters. The van der Waals surface area contributed by atoms with Crippen molar-refractivity contribution in [2.24, 2.45) is 5.10 Å². The van der Waals surface area contributed by atoms with Gasteiger partial charge in [0.15, 0.2) is 0 Å². The minimum atomic E-state index is -0.264. The van der Waals surface area contributed by atoms with Crippen LogP contribution in [0.25, 0.3) is 0 Å². The lowest BCUT2D eigenvalue weighted by molar-refractivity contribution is -0.135. The molecule has 0 aromatic heterocycles. The summed E-state index contributed by atoms with van der Waals surface area (Å²) in [4.78, 5) is 28.3.